The van der Waals surface area contributed by atoms with E-state index in [0.29, 0.717) is 17.2 Å². The summed E-state index contributed by atoms with van der Waals surface area (Å²) >= 11 is 0. The molecule has 150 valence electrons. The van der Waals surface area contributed by atoms with Crippen LogP contribution in [0.4, 0.5) is 0 Å². The molecule has 2 aromatic rings. The molecule has 0 unspecified atom stereocenters. The van der Waals surface area contributed by atoms with Gasteiger partial charge < -0.3 is 19.5 Å². The predicted octanol–water partition coefficient (Wildman–Crippen LogP) is 4.01. The molecule has 0 aromatic heterocycles. The van der Waals surface area contributed by atoms with E-state index < -0.39 is 0 Å². The molecule has 0 fully saturated rings. The van der Waals surface area contributed by atoms with Gasteiger partial charge >= 0.3 is 0 Å². The van der Waals surface area contributed by atoms with Gasteiger partial charge in [-0.15, -0.1) is 0 Å². The predicted molar refractivity (Wildman–Crippen MR) is 109 cm³/mol. The molecule has 5 nitrogen and oxygen atoms in total. The maximum absolute atomic E-state index is 12.6. The van der Waals surface area contributed by atoms with E-state index in [1.165, 1.54) is 24.0 Å². The lowest BCUT2D eigenvalue weighted by molar-refractivity contribution is -0.121. The second-order valence-electron chi connectivity index (χ2n) is 7.23. The molecule has 0 spiro atoms. The lowest BCUT2D eigenvalue weighted by Crippen LogP contribution is -2.28. The molecule has 2 aromatic carbocycles. The van der Waals surface area contributed by atoms with Crippen LogP contribution < -0.4 is 19.5 Å². The quantitative estimate of drug-likeness (QED) is 0.785. The number of methoxy groups -OCH3 is 3. The van der Waals surface area contributed by atoms with Gasteiger partial charge in [-0.2, -0.15) is 0 Å². The van der Waals surface area contributed by atoms with Crippen molar-refractivity contribution in [1.29, 1.82) is 0 Å². The van der Waals surface area contributed by atoms with Gasteiger partial charge in [-0.3, -0.25) is 4.79 Å². The fourth-order valence-corrected chi connectivity index (χ4v) is 3.82. The number of aryl methyl sites for hydroxylation is 2. The number of amides is 1. The molecule has 1 aliphatic carbocycles. The summed E-state index contributed by atoms with van der Waals surface area (Å²) in [5.74, 6) is 1.58. The van der Waals surface area contributed by atoms with Gasteiger partial charge in [0.15, 0.2) is 11.5 Å². The number of rotatable bonds is 7. The van der Waals surface area contributed by atoms with Crippen LogP contribution in [-0.2, 0) is 24.1 Å². The molecule has 5 heteroatoms. The molecule has 0 saturated heterocycles. The van der Waals surface area contributed by atoms with Crippen molar-refractivity contribution in [2.24, 2.45) is 0 Å². The molecule has 0 radical (unpaired) electrons. The Hall–Kier alpha value is -2.69. The van der Waals surface area contributed by atoms with Crippen molar-refractivity contribution in [3.05, 3.63) is 52.6 Å². The van der Waals surface area contributed by atoms with Gasteiger partial charge in [0.05, 0.1) is 33.8 Å². The third-order valence-corrected chi connectivity index (χ3v) is 5.34. The Morgan fingerprint density at radius 1 is 0.964 bits per heavy atom. The first-order valence-corrected chi connectivity index (χ1v) is 9.75. The van der Waals surface area contributed by atoms with Crippen molar-refractivity contribution in [1.82, 2.24) is 5.32 Å². The number of carbonyl (C=O) groups excluding carboxylic acids is 1. The van der Waals surface area contributed by atoms with Crippen LogP contribution >= 0.6 is 0 Å². The van der Waals surface area contributed by atoms with Gasteiger partial charge in [0.1, 0.15) is 0 Å². The average molecular weight is 383 g/mol. The fourth-order valence-electron chi connectivity index (χ4n) is 3.82. The number of fused-ring (bicyclic) bond motifs is 1. The average Bonchev–Trinajstić information content (AvgIpc) is 2.72. The van der Waals surface area contributed by atoms with Crippen LogP contribution in [0.3, 0.4) is 0 Å². The third-order valence-electron chi connectivity index (χ3n) is 5.34. The molecule has 1 atom stereocenters. The maximum atomic E-state index is 12.6. The zero-order chi connectivity index (χ0) is 20.1. The van der Waals surface area contributed by atoms with Crippen LogP contribution in [-0.4, -0.2) is 27.2 Å². The molecule has 1 amide bonds. The summed E-state index contributed by atoms with van der Waals surface area (Å²) in [5, 5.41) is 3.10. The molecule has 0 saturated carbocycles. The monoisotopic (exact) mass is 383 g/mol. The van der Waals surface area contributed by atoms with E-state index in [0.717, 1.165) is 24.0 Å². The maximum Gasteiger partial charge on any atom is 0.224 e. The molecular formula is C23H29NO4. The molecule has 0 heterocycles. The molecule has 3 rings (SSSR count). The Balaban J connectivity index is 1.70. The molecule has 1 aliphatic rings. The largest absolute Gasteiger partial charge is 0.493 e. The summed E-state index contributed by atoms with van der Waals surface area (Å²) in [5.41, 5.74) is 4.84. The molecular weight excluding hydrogens is 354 g/mol. The lowest BCUT2D eigenvalue weighted by atomic mass is 9.89. The molecule has 0 aliphatic heterocycles. The first-order chi connectivity index (χ1) is 13.5. The molecule has 1 N–H and O–H groups in total. The fraction of sp³-hybridized carbons (Fsp3) is 0.435. The van der Waals surface area contributed by atoms with Gasteiger partial charge in [-0.05, 0) is 67.0 Å². The van der Waals surface area contributed by atoms with E-state index in [2.05, 4.69) is 23.5 Å². The van der Waals surface area contributed by atoms with Crippen LogP contribution in [0.25, 0.3) is 0 Å². The zero-order valence-electron chi connectivity index (χ0n) is 17.1. The van der Waals surface area contributed by atoms with Gasteiger partial charge in [0, 0.05) is 0 Å². The van der Waals surface area contributed by atoms with Crippen molar-refractivity contribution in [2.75, 3.05) is 21.3 Å². The second-order valence-corrected chi connectivity index (χ2v) is 7.23. The normalized spacial score (nSPS) is 14.0. The number of hydrogen-bond acceptors (Lipinski definition) is 4. The van der Waals surface area contributed by atoms with Crippen LogP contribution in [0, 0.1) is 0 Å². The highest BCUT2D eigenvalue weighted by atomic mass is 16.5. The van der Waals surface area contributed by atoms with E-state index in [9.17, 15) is 4.79 Å². The zero-order valence-corrected chi connectivity index (χ0v) is 17.1. The summed E-state index contributed by atoms with van der Waals surface area (Å²) in [6.45, 7) is 2.03. The number of ether oxygens (including phenoxy) is 3. The highest BCUT2D eigenvalue weighted by molar-refractivity contribution is 5.79. The highest BCUT2D eigenvalue weighted by Gasteiger charge is 2.17. The third kappa shape index (κ3) is 4.41. The minimum Gasteiger partial charge on any atom is -0.493 e. The Labute approximate surface area is 167 Å². The number of nitrogens with one attached hydrogen (secondary N) is 1. The Morgan fingerprint density at radius 2 is 1.61 bits per heavy atom. The summed E-state index contributed by atoms with van der Waals surface area (Å²) in [7, 11) is 4.70. The Bertz CT molecular complexity index is 821. The Kier molecular flexibility index (Phi) is 6.45. The topological polar surface area (TPSA) is 56.8 Å². The van der Waals surface area contributed by atoms with Crippen molar-refractivity contribution in [2.45, 2.75) is 45.1 Å². The van der Waals surface area contributed by atoms with Crippen LogP contribution in [0.2, 0.25) is 0 Å². The van der Waals surface area contributed by atoms with E-state index in [-0.39, 0.29) is 18.4 Å². The van der Waals surface area contributed by atoms with Gasteiger partial charge in [0.2, 0.25) is 11.7 Å². The van der Waals surface area contributed by atoms with E-state index in [4.69, 9.17) is 14.2 Å². The summed E-state index contributed by atoms with van der Waals surface area (Å²) in [6, 6.07) is 10.2. The van der Waals surface area contributed by atoms with Crippen LogP contribution in [0.15, 0.2) is 30.3 Å². The number of hydrogen-bond donors (Lipinski definition) is 1. The molecule has 28 heavy (non-hydrogen) atoms. The first kappa shape index (κ1) is 20.1. The van der Waals surface area contributed by atoms with E-state index in [1.807, 2.05) is 19.1 Å². The highest BCUT2D eigenvalue weighted by Crippen LogP contribution is 2.38. The smallest absolute Gasteiger partial charge is 0.224 e. The summed E-state index contributed by atoms with van der Waals surface area (Å²) in [4.78, 5) is 12.6. The molecule has 0 bridgehead atoms. The minimum absolute atomic E-state index is 0.0400. The summed E-state index contributed by atoms with van der Waals surface area (Å²) in [6.07, 6.45) is 5.06. The van der Waals surface area contributed by atoms with Crippen molar-refractivity contribution in [3.8, 4) is 17.2 Å². The van der Waals surface area contributed by atoms with Crippen molar-refractivity contribution >= 4 is 5.91 Å². The Morgan fingerprint density at radius 3 is 2.21 bits per heavy atom. The summed E-state index contributed by atoms with van der Waals surface area (Å²) < 4.78 is 16.1. The van der Waals surface area contributed by atoms with Gasteiger partial charge in [0.25, 0.3) is 0 Å². The van der Waals surface area contributed by atoms with E-state index in [1.54, 1.807) is 21.3 Å². The van der Waals surface area contributed by atoms with Crippen molar-refractivity contribution in [3.63, 3.8) is 0 Å². The SMILES string of the molecule is COc1cc(CC(=O)N[C@@H](C)c2ccc3c(c2)CCCC3)cc(OC)c1OC. The number of benzene rings is 2. The van der Waals surface area contributed by atoms with Crippen molar-refractivity contribution < 1.29 is 19.0 Å². The lowest BCUT2D eigenvalue weighted by Gasteiger charge is -2.20. The number of carbonyl (C=O) groups is 1. The van der Waals surface area contributed by atoms with Gasteiger partial charge in [-0.1, -0.05) is 18.2 Å². The first-order valence-electron chi connectivity index (χ1n) is 9.75. The van der Waals surface area contributed by atoms with Gasteiger partial charge in [-0.25, -0.2) is 0 Å². The van der Waals surface area contributed by atoms with E-state index >= 15 is 0 Å². The second kappa shape index (κ2) is 9.00. The van der Waals surface area contributed by atoms with Crippen LogP contribution in [0.5, 0.6) is 17.2 Å². The standard InChI is InChI=1S/C23H29NO4/c1-15(18-10-9-17-7-5-6-8-19(17)14-18)24-22(25)13-16-11-20(26-2)23(28-4)21(12-16)27-3/h9-12,14-15H,5-8,13H2,1-4H3,(H,24,25)/t15-/m0/s1. The minimum atomic E-state index is -0.0421. The van der Waals surface area contributed by atoms with Crippen LogP contribution in [0.1, 0.15) is 48.1 Å².